The highest BCUT2D eigenvalue weighted by Crippen LogP contribution is 2.46. The maximum absolute atomic E-state index is 14.1. The Morgan fingerprint density at radius 1 is 1.23 bits per heavy atom. The van der Waals surface area contributed by atoms with E-state index >= 15 is 0 Å². The molecule has 1 atom stereocenters. The van der Waals surface area contributed by atoms with Crippen molar-refractivity contribution in [3.05, 3.63) is 61.7 Å². The highest BCUT2D eigenvalue weighted by Gasteiger charge is 2.56. The zero-order valence-electron chi connectivity index (χ0n) is 16.6. The van der Waals surface area contributed by atoms with Gasteiger partial charge in [0, 0.05) is 29.1 Å². The van der Waals surface area contributed by atoms with Gasteiger partial charge in [-0.2, -0.15) is 13.2 Å². The van der Waals surface area contributed by atoms with Crippen molar-refractivity contribution in [2.24, 2.45) is 0 Å². The van der Waals surface area contributed by atoms with E-state index in [0.717, 1.165) is 11.3 Å². The van der Waals surface area contributed by atoms with E-state index in [-0.39, 0.29) is 10.3 Å². The molecule has 0 amide bonds. The highest BCUT2D eigenvalue weighted by atomic mass is 79.9. The number of pyridine rings is 1. The van der Waals surface area contributed by atoms with E-state index in [0.29, 0.717) is 26.0 Å². The van der Waals surface area contributed by atoms with E-state index < -0.39 is 30.0 Å². The summed E-state index contributed by atoms with van der Waals surface area (Å²) in [5.41, 5.74) is -3.32. The van der Waals surface area contributed by atoms with Crippen LogP contribution in [-0.4, -0.2) is 29.0 Å². The van der Waals surface area contributed by atoms with E-state index in [1.54, 1.807) is 32.0 Å². The van der Waals surface area contributed by atoms with Crippen LogP contribution in [0, 0.1) is 0 Å². The molecule has 9 heteroatoms. The fraction of sp³-hybridized carbons (Fsp3) is 0.381. The predicted octanol–water partition coefficient (Wildman–Crippen LogP) is 5.56. The molecule has 2 heterocycles. The molecule has 30 heavy (non-hydrogen) atoms. The summed E-state index contributed by atoms with van der Waals surface area (Å²) in [5.74, 6) is 0.430. The number of aliphatic hydroxyl groups is 1. The van der Waals surface area contributed by atoms with Gasteiger partial charge in [-0.05, 0) is 39.9 Å². The Bertz CT molecular complexity index is 1120. The molecule has 0 fully saturated rings. The van der Waals surface area contributed by atoms with Crippen LogP contribution in [0.4, 0.5) is 13.2 Å². The molecule has 0 aliphatic rings. The minimum absolute atomic E-state index is 0.269. The third kappa shape index (κ3) is 4.29. The Hall–Kier alpha value is -1.84. The number of aromatic nitrogens is 1. The van der Waals surface area contributed by atoms with Gasteiger partial charge in [-0.15, -0.1) is 11.3 Å². The summed E-state index contributed by atoms with van der Waals surface area (Å²) < 4.78 is 48.6. The number of benzene rings is 1. The van der Waals surface area contributed by atoms with Gasteiger partial charge in [0.2, 0.25) is 0 Å². The van der Waals surface area contributed by atoms with Gasteiger partial charge in [-0.3, -0.25) is 4.79 Å². The predicted molar refractivity (Wildman–Crippen MR) is 115 cm³/mol. The second kappa shape index (κ2) is 8.01. The number of nitrogens with one attached hydrogen (secondary N) is 1. The van der Waals surface area contributed by atoms with Gasteiger partial charge in [0.05, 0.1) is 21.8 Å². The molecule has 0 aliphatic carbocycles. The molecule has 2 aromatic heterocycles. The summed E-state index contributed by atoms with van der Waals surface area (Å²) in [7, 11) is 1.45. The van der Waals surface area contributed by atoms with Crippen LogP contribution in [0.15, 0.2) is 45.8 Å². The zero-order chi connectivity index (χ0) is 22.3. The third-order valence-corrected chi connectivity index (χ3v) is 6.88. The van der Waals surface area contributed by atoms with Crippen molar-refractivity contribution in [3.8, 4) is 5.75 Å². The number of hydrogen-bond acceptors (Lipinski definition) is 4. The average molecular weight is 504 g/mol. The highest BCUT2D eigenvalue weighted by molar-refractivity contribution is 9.10. The quantitative estimate of drug-likeness (QED) is 0.462. The van der Waals surface area contributed by atoms with Crippen molar-refractivity contribution in [3.63, 3.8) is 0 Å². The summed E-state index contributed by atoms with van der Waals surface area (Å²) >= 11 is 4.32. The number of methoxy groups -OCH3 is 1. The number of H-pyrrole nitrogens is 1. The molecule has 0 saturated heterocycles. The minimum atomic E-state index is -4.87. The van der Waals surface area contributed by atoms with Crippen molar-refractivity contribution >= 4 is 37.5 Å². The summed E-state index contributed by atoms with van der Waals surface area (Å²) in [6, 6.07) is 7.96. The van der Waals surface area contributed by atoms with Crippen molar-refractivity contribution in [1.29, 1.82) is 0 Å². The molecule has 4 nitrogen and oxygen atoms in total. The number of alkyl halides is 3. The van der Waals surface area contributed by atoms with Crippen LogP contribution in [0.1, 0.15) is 30.7 Å². The Morgan fingerprint density at radius 3 is 2.53 bits per heavy atom. The lowest BCUT2D eigenvalue weighted by atomic mass is 9.73. The second-order valence-corrected chi connectivity index (χ2v) is 9.88. The maximum Gasteiger partial charge on any atom is 0.417 e. The fourth-order valence-corrected chi connectivity index (χ4v) is 5.40. The first-order valence-corrected chi connectivity index (χ1v) is 10.7. The second-order valence-electron chi connectivity index (χ2n) is 7.88. The standard InChI is InChI=1S/C21H21BrF3NO3S/c1-19(2,13-5-4-6-14(22)17(13)29-3)11-20(28,21(23,24)25)10-12-9-15-18(30-12)16(27)7-8-26-15/h4-9,28H,10-11H2,1-3H3,(H,26,27). The Morgan fingerprint density at radius 2 is 1.93 bits per heavy atom. The first-order chi connectivity index (χ1) is 13.9. The Labute approximate surface area is 183 Å². The molecule has 1 unspecified atom stereocenters. The van der Waals surface area contributed by atoms with Gasteiger partial charge >= 0.3 is 6.18 Å². The number of halogens is 4. The van der Waals surface area contributed by atoms with E-state index in [4.69, 9.17) is 4.74 Å². The van der Waals surface area contributed by atoms with Crippen LogP contribution in [-0.2, 0) is 11.8 Å². The molecule has 0 spiro atoms. The monoisotopic (exact) mass is 503 g/mol. The number of hydrogen-bond donors (Lipinski definition) is 2. The minimum Gasteiger partial charge on any atom is -0.495 e. The van der Waals surface area contributed by atoms with E-state index in [2.05, 4.69) is 20.9 Å². The number of thiophene rings is 1. The zero-order valence-corrected chi connectivity index (χ0v) is 19.0. The topological polar surface area (TPSA) is 62.3 Å². The molecule has 1 aromatic carbocycles. The van der Waals surface area contributed by atoms with E-state index in [1.807, 2.05) is 0 Å². The van der Waals surface area contributed by atoms with Crippen molar-refractivity contribution in [2.75, 3.05) is 7.11 Å². The average Bonchev–Trinajstić information content (AvgIpc) is 3.03. The summed E-state index contributed by atoms with van der Waals surface area (Å²) in [5, 5.41) is 10.9. The third-order valence-electron chi connectivity index (χ3n) is 5.11. The lowest BCUT2D eigenvalue weighted by molar-refractivity contribution is -0.266. The van der Waals surface area contributed by atoms with Crippen molar-refractivity contribution in [1.82, 2.24) is 4.98 Å². The molecule has 162 valence electrons. The Kier molecular flexibility index (Phi) is 6.10. The van der Waals surface area contributed by atoms with Gasteiger partial charge < -0.3 is 14.8 Å². The molecule has 0 radical (unpaired) electrons. The number of ether oxygens (including phenoxy) is 1. The van der Waals surface area contributed by atoms with Crippen LogP contribution in [0.5, 0.6) is 5.75 Å². The van der Waals surface area contributed by atoms with Crippen LogP contribution in [0.2, 0.25) is 0 Å². The number of para-hydroxylation sites is 1. The SMILES string of the molecule is COc1c(Br)cccc1C(C)(C)CC(O)(Cc1cc2[nH]ccc(=O)c2s1)C(F)(F)F. The lowest BCUT2D eigenvalue weighted by Gasteiger charge is -2.38. The molecule has 3 aromatic rings. The van der Waals surface area contributed by atoms with E-state index in [1.165, 1.54) is 25.4 Å². The number of aromatic amines is 1. The smallest absolute Gasteiger partial charge is 0.417 e. The first-order valence-electron chi connectivity index (χ1n) is 9.10. The van der Waals surface area contributed by atoms with Gasteiger partial charge in [0.15, 0.2) is 11.0 Å². The van der Waals surface area contributed by atoms with Crippen molar-refractivity contribution < 1.29 is 23.0 Å². The molecular weight excluding hydrogens is 483 g/mol. The van der Waals surface area contributed by atoms with Crippen LogP contribution in [0.25, 0.3) is 10.2 Å². The first kappa shape index (κ1) is 22.8. The Balaban J connectivity index is 2.02. The molecular formula is C21H21BrF3NO3S. The number of fused-ring (bicyclic) bond motifs is 1. The fourth-order valence-electron chi connectivity index (χ4n) is 3.73. The summed E-state index contributed by atoms with van der Waals surface area (Å²) in [6.07, 6.45) is -4.66. The lowest BCUT2D eigenvalue weighted by Crippen LogP contribution is -2.50. The van der Waals surface area contributed by atoms with Gasteiger partial charge in [0.25, 0.3) is 0 Å². The largest absolute Gasteiger partial charge is 0.495 e. The van der Waals surface area contributed by atoms with E-state index in [9.17, 15) is 23.1 Å². The van der Waals surface area contributed by atoms with Crippen LogP contribution in [0.3, 0.4) is 0 Å². The molecule has 2 N–H and O–H groups in total. The number of rotatable bonds is 6. The molecule has 3 rings (SSSR count). The molecule has 0 aliphatic heterocycles. The van der Waals surface area contributed by atoms with Crippen molar-refractivity contribution in [2.45, 2.75) is 43.9 Å². The maximum atomic E-state index is 14.1. The van der Waals surface area contributed by atoms with Gasteiger partial charge in [-0.1, -0.05) is 26.0 Å². The molecule has 0 saturated carbocycles. The van der Waals surface area contributed by atoms with Gasteiger partial charge in [0.1, 0.15) is 5.75 Å². The summed E-state index contributed by atoms with van der Waals surface area (Å²) in [6.45, 7) is 3.28. The molecule has 0 bridgehead atoms. The van der Waals surface area contributed by atoms with Crippen LogP contribution >= 0.6 is 27.3 Å². The van der Waals surface area contributed by atoms with Crippen LogP contribution < -0.4 is 10.2 Å². The summed E-state index contributed by atoms with van der Waals surface area (Å²) in [4.78, 5) is 15.1. The normalized spacial score (nSPS) is 14.7. The van der Waals surface area contributed by atoms with Gasteiger partial charge in [-0.25, -0.2) is 0 Å².